The van der Waals surface area contributed by atoms with Crippen LogP contribution >= 0.6 is 11.6 Å². The van der Waals surface area contributed by atoms with Crippen LogP contribution in [0.5, 0.6) is 5.75 Å². The highest BCUT2D eigenvalue weighted by Gasteiger charge is 2.42. The van der Waals surface area contributed by atoms with E-state index in [4.69, 9.17) is 16.3 Å². The standard InChI is InChI=1S/C19H17ClF3NO4/c20-15-6-4-13(5-7-15)12-27-16-3-1-2-14(10-16)11-24-9-8-17(25)28-18(26)19(21,22)23/h1-7,10,24H,8-9,11-12H2. The van der Waals surface area contributed by atoms with Crippen LogP contribution in [-0.4, -0.2) is 24.7 Å². The number of carbonyl (C=O) groups excluding carboxylic acids is 2. The van der Waals surface area contributed by atoms with Crippen molar-refractivity contribution in [1.82, 2.24) is 5.32 Å². The Morgan fingerprint density at radius 1 is 1.04 bits per heavy atom. The third-order valence-corrected chi connectivity index (χ3v) is 3.74. The van der Waals surface area contributed by atoms with Gasteiger partial charge >= 0.3 is 18.1 Å². The summed E-state index contributed by atoms with van der Waals surface area (Å²) in [7, 11) is 0. The molecule has 0 amide bonds. The minimum Gasteiger partial charge on any atom is -0.489 e. The van der Waals surface area contributed by atoms with Crippen LogP contribution < -0.4 is 10.1 Å². The Balaban J connectivity index is 1.73. The van der Waals surface area contributed by atoms with Crippen molar-refractivity contribution >= 4 is 23.5 Å². The van der Waals surface area contributed by atoms with Crippen LogP contribution in [0.3, 0.4) is 0 Å². The van der Waals surface area contributed by atoms with Crippen LogP contribution in [-0.2, 0) is 27.5 Å². The number of rotatable bonds is 8. The van der Waals surface area contributed by atoms with Crippen LogP contribution in [0.4, 0.5) is 13.2 Å². The molecule has 0 saturated carbocycles. The first-order valence-electron chi connectivity index (χ1n) is 8.23. The molecule has 0 aliphatic carbocycles. The predicted molar refractivity (Wildman–Crippen MR) is 95.7 cm³/mol. The zero-order chi connectivity index (χ0) is 20.6. The molecule has 1 N–H and O–H groups in total. The van der Waals surface area contributed by atoms with Crippen molar-refractivity contribution in [2.45, 2.75) is 25.7 Å². The lowest BCUT2D eigenvalue weighted by atomic mass is 10.2. The topological polar surface area (TPSA) is 64.6 Å². The van der Waals surface area contributed by atoms with Gasteiger partial charge in [-0.1, -0.05) is 35.9 Å². The van der Waals surface area contributed by atoms with Gasteiger partial charge in [0.05, 0.1) is 6.42 Å². The Kier molecular flexibility index (Phi) is 7.83. The average Bonchev–Trinajstić information content (AvgIpc) is 2.64. The summed E-state index contributed by atoms with van der Waals surface area (Å²) in [6.45, 7) is 0.783. The molecule has 0 aliphatic heterocycles. The second-order valence-electron chi connectivity index (χ2n) is 5.75. The summed E-state index contributed by atoms with van der Waals surface area (Å²) < 4.78 is 45.4. The molecule has 0 unspecified atom stereocenters. The van der Waals surface area contributed by atoms with Gasteiger partial charge in [0.2, 0.25) is 0 Å². The Morgan fingerprint density at radius 2 is 1.75 bits per heavy atom. The van der Waals surface area contributed by atoms with Gasteiger partial charge in [0.15, 0.2) is 0 Å². The Hall–Kier alpha value is -2.58. The van der Waals surface area contributed by atoms with E-state index in [0.29, 0.717) is 23.9 Å². The van der Waals surface area contributed by atoms with Gasteiger partial charge in [-0.2, -0.15) is 13.2 Å². The van der Waals surface area contributed by atoms with Crippen molar-refractivity contribution in [3.63, 3.8) is 0 Å². The van der Waals surface area contributed by atoms with E-state index in [2.05, 4.69) is 10.1 Å². The molecular formula is C19H17ClF3NO4. The van der Waals surface area contributed by atoms with E-state index in [0.717, 1.165) is 11.1 Å². The molecule has 0 aliphatic rings. The number of ether oxygens (including phenoxy) is 2. The van der Waals surface area contributed by atoms with Crippen molar-refractivity contribution in [2.24, 2.45) is 0 Å². The fourth-order valence-electron chi connectivity index (χ4n) is 2.13. The first-order chi connectivity index (χ1) is 13.2. The molecule has 0 bridgehead atoms. The summed E-state index contributed by atoms with van der Waals surface area (Å²) >= 11 is 5.83. The number of halogens is 4. The first-order valence-corrected chi connectivity index (χ1v) is 8.60. The van der Waals surface area contributed by atoms with Gasteiger partial charge in [-0.3, -0.25) is 4.79 Å². The van der Waals surface area contributed by atoms with E-state index in [1.807, 2.05) is 18.2 Å². The molecule has 0 saturated heterocycles. The van der Waals surface area contributed by atoms with E-state index in [9.17, 15) is 22.8 Å². The van der Waals surface area contributed by atoms with Crippen LogP contribution in [0, 0.1) is 0 Å². The van der Waals surface area contributed by atoms with Gasteiger partial charge in [0.25, 0.3) is 0 Å². The Labute approximate surface area is 164 Å². The highest BCUT2D eigenvalue weighted by Crippen LogP contribution is 2.17. The summed E-state index contributed by atoms with van der Waals surface area (Å²) in [5, 5.41) is 3.53. The molecule has 0 spiro atoms. The minimum absolute atomic E-state index is 0.0554. The third-order valence-electron chi connectivity index (χ3n) is 3.49. The molecule has 150 valence electrons. The second kappa shape index (κ2) is 10.1. The molecule has 0 atom stereocenters. The van der Waals surface area contributed by atoms with Gasteiger partial charge in [0.1, 0.15) is 12.4 Å². The van der Waals surface area contributed by atoms with Crippen molar-refractivity contribution in [2.75, 3.05) is 6.54 Å². The number of esters is 2. The SMILES string of the molecule is O=C(CCNCc1cccc(OCc2ccc(Cl)cc2)c1)OC(=O)C(F)(F)F. The molecule has 0 radical (unpaired) electrons. The number of hydrogen-bond donors (Lipinski definition) is 1. The third kappa shape index (κ3) is 7.58. The zero-order valence-electron chi connectivity index (χ0n) is 14.6. The lowest BCUT2D eigenvalue weighted by Gasteiger charge is -2.09. The highest BCUT2D eigenvalue weighted by atomic mass is 35.5. The molecule has 28 heavy (non-hydrogen) atoms. The summed E-state index contributed by atoms with van der Waals surface area (Å²) in [4.78, 5) is 21.7. The zero-order valence-corrected chi connectivity index (χ0v) is 15.3. The number of alkyl halides is 3. The summed E-state index contributed by atoms with van der Waals surface area (Å²) in [6.07, 6.45) is -5.55. The molecule has 0 heterocycles. The van der Waals surface area contributed by atoms with Gasteiger partial charge in [-0.25, -0.2) is 4.79 Å². The maximum atomic E-state index is 12.0. The summed E-state index contributed by atoms with van der Waals surface area (Å²) in [5.74, 6) is -3.11. The number of carbonyl (C=O) groups is 2. The molecule has 9 heteroatoms. The number of hydrogen-bond acceptors (Lipinski definition) is 5. The van der Waals surface area contributed by atoms with Crippen molar-refractivity contribution in [3.8, 4) is 5.75 Å². The summed E-state index contributed by atoms with van der Waals surface area (Å²) in [5.41, 5.74) is 1.81. The normalized spacial score (nSPS) is 11.1. The number of nitrogens with one attached hydrogen (secondary N) is 1. The van der Waals surface area contributed by atoms with Crippen LogP contribution in [0.2, 0.25) is 5.02 Å². The van der Waals surface area contributed by atoms with Crippen LogP contribution in [0.1, 0.15) is 17.5 Å². The van der Waals surface area contributed by atoms with Gasteiger partial charge in [-0.15, -0.1) is 0 Å². The molecule has 2 rings (SSSR count). The Bertz CT molecular complexity index is 810. The predicted octanol–water partition coefficient (Wildman–Crippen LogP) is 4.03. The average molecular weight is 416 g/mol. The van der Waals surface area contributed by atoms with Crippen LogP contribution in [0.15, 0.2) is 48.5 Å². The molecule has 2 aromatic carbocycles. The molecule has 0 fully saturated rings. The lowest BCUT2D eigenvalue weighted by molar-refractivity contribution is -0.201. The van der Waals surface area contributed by atoms with Crippen molar-refractivity contribution in [3.05, 3.63) is 64.7 Å². The minimum atomic E-state index is -5.18. The molecule has 0 aromatic heterocycles. The monoisotopic (exact) mass is 415 g/mol. The molecule has 2 aromatic rings. The van der Waals surface area contributed by atoms with Gasteiger partial charge in [-0.05, 0) is 35.4 Å². The van der Waals surface area contributed by atoms with E-state index in [1.165, 1.54) is 0 Å². The maximum Gasteiger partial charge on any atom is 0.491 e. The maximum absolute atomic E-state index is 12.0. The fraction of sp³-hybridized carbons (Fsp3) is 0.263. The quantitative estimate of drug-likeness (QED) is 0.400. The second-order valence-corrected chi connectivity index (χ2v) is 6.19. The molecule has 5 nitrogen and oxygen atoms in total. The number of benzene rings is 2. The van der Waals surface area contributed by atoms with Crippen molar-refractivity contribution in [1.29, 1.82) is 0 Å². The summed E-state index contributed by atoms with van der Waals surface area (Å²) in [6, 6.07) is 14.5. The van der Waals surface area contributed by atoms with E-state index >= 15 is 0 Å². The van der Waals surface area contributed by atoms with E-state index in [-0.39, 0.29) is 13.0 Å². The van der Waals surface area contributed by atoms with Crippen molar-refractivity contribution < 1.29 is 32.2 Å². The van der Waals surface area contributed by atoms with E-state index < -0.39 is 18.1 Å². The van der Waals surface area contributed by atoms with Gasteiger partial charge in [0, 0.05) is 18.1 Å². The lowest BCUT2D eigenvalue weighted by Crippen LogP contribution is -2.29. The van der Waals surface area contributed by atoms with Crippen LogP contribution in [0.25, 0.3) is 0 Å². The van der Waals surface area contributed by atoms with E-state index in [1.54, 1.807) is 30.3 Å². The first kappa shape index (κ1) is 21.7. The smallest absolute Gasteiger partial charge is 0.489 e. The van der Waals surface area contributed by atoms with Gasteiger partial charge < -0.3 is 14.8 Å². The fourth-order valence-corrected chi connectivity index (χ4v) is 2.25. The highest BCUT2D eigenvalue weighted by molar-refractivity contribution is 6.30. The largest absolute Gasteiger partial charge is 0.491 e. The molecular weight excluding hydrogens is 399 g/mol. The Morgan fingerprint density at radius 3 is 2.43 bits per heavy atom.